The fourth-order valence-corrected chi connectivity index (χ4v) is 1.10. The summed E-state index contributed by atoms with van der Waals surface area (Å²) in [4.78, 5) is 5.07. The second kappa shape index (κ2) is 5.11. The molecule has 0 aromatic carbocycles. The minimum absolute atomic E-state index is 0.0616. The molecule has 0 radical (unpaired) electrons. The molecule has 70 valence electrons. The summed E-state index contributed by atoms with van der Waals surface area (Å²) in [6, 6.07) is 0. The van der Waals surface area contributed by atoms with Crippen LogP contribution >= 0.6 is 0 Å². The molecule has 1 unspecified atom stereocenters. The Hall–Kier alpha value is -0.610. The van der Waals surface area contributed by atoms with Gasteiger partial charge < -0.3 is 14.7 Å². The van der Waals surface area contributed by atoms with E-state index in [-0.39, 0.29) is 12.7 Å². The maximum absolute atomic E-state index is 8.62. The minimum atomic E-state index is 0.0616. The standard InChI is InChI=1S/C8H15NO3/c1-2-11-6-8-5-7(3-4-10)9-12-8/h8,10H,2-6H2,1H3. The second-order valence-corrected chi connectivity index (χ2v) is 2.72. The van der Waals surface area contributed by atoms with Crippen molar-refractivity contribution in [2.24, 2.45) is 5.16 Å². The van der Waals surface area contributed by atoms with Crippen molar-refractivity contribution < 1.29 is 14.7 Å². The van der Waals surface area contributed by atoms with Crippen LogP contribution in [0.15, 0.2) is 5.16 Å². The number of ether oxygens (including phenoxy) is 1. The molecule has 0 bridgehead atoms. The van der Waals surface area contributed by atoms with Gasteiger partial charge in [-0.2, -0.15) is 0 Å². The van der Waals surface area contributed by atoms with Crippen LogP contribution in [0.4, 0.5) is 0 Å². The number of oxime groups is 1. The van der Waals surface area contributed by atoms with E-state index in [2.05, 4.69) is 5.16 Å². The molecule has 1 N–H and O–H groups in total. The van der Waals surface area contributed by atoms with Crippen LogP contribution in [-0.4, -0.2) is 36.7 Å². The van der Waals surface area contributed by atoms with E-state index in [1.807, 2.05) is 6.92 Å². The van der Waals surface area contributed by atoms with Crippen LogP contribution in [0.2, 0.25) is 0 Å². The zero-order valence-corrected chi connectivity index (χ0v) is 7.32. The van der Waals surface area contributed by atoms with Crippen molar-refractivity contribution in [3.05, 3.63) is 0 Å². The van der Waals surface area contributed by atoms with Crippen LogP contribution in [0, 0.1) is 0 Å². The fourth-order valence-electron chi connectivity index (χ4n) is 1.10. The number of hydrogen-bond donors (Lipinski definition) is 1. The maximum atomic E-state index is 8.62. The van der Waals surface area contributed by atoms with Gasteiger partial charge in [0.2, 0.25) is 0 Å². The first-order valence-electron chi connectivity index (χ1n) is 4.27. The number of aliphatic hydroxyl groups excluding tert-OH is 1. The van der Waals surface area contributed by atoms with Crippen molar-refractivity contribution in [2.45, 2.75) is 25.9 Å². The van der Waals surface area contributed by atoms with Gasteiger partial charge in [-0.1, -0.05) is 5.16 Å². The highest BCUT2D eigenvalue weighted by atomic mass is 16.7. The molecule has 0 amide bonds. The lowest BCUT2D eigenvalue weighted by atomic mass is 10.1. The Kier molecular flexibility index (Phi) is 4.04. The van der Waals surface area contributed by atoms with Crippen molar-refractivity contribution in [2.75, 3.05) is 19.8 Å². The summed E-state index contributed by atoms with van der Waals surface area (Å²) in [7, 11) is 0. The predicted octanol–water partition coefficient (Wildman–Crippen LogP) is 0.550. The summed E-state index contributed by atoms with van der Waals surface area (Å²) in [5.41, 5.74) is 0.933. The molecule has 4 heteroatoms. The monoisotopic (exact) mass is 173 g/mol. The third kappa shape index (κ3) is 2.79. The van der Waals surface area contributed by atoms with Crippen LogP contribution in [0.3, 0.4) is 0 Å². The Morgan fingerprint density at radius 2 is 2.58 bits per heavy atom. The summed E-state index contributed by atoms with van der Waals surface area (Å²) in [5, 5.41) is 12.5. The van der Waals surface area contributed by atoms with E-state index in [0.29, 0.717) is 19.6 Å². The van der Waals surface area contributed by atoms with Crippen molar-refractivity contribution in [3.8, 4) is 0 Å². The normalized spacial score (nSPS) is 22.2. The predicted molar refractivity (Wildman–Crippen MR) is 45.1 cm³/mol. The van der Waals surface area contributed by atoms with Gasteiger partial charge in [0.05, 0.1) is 12.3 Å². The molecule has 0 aromatic rings. The zero-order valence-electron chi connectivity index (χ0n) is 7.32. The fraction of sp³-hybridized carbons (Fsp3) is 0.875. The van der Waals surface area contributed by atoms with Crippen molar-refractivity contribution in [3.63, 3.8) is 0 Å². The summed E-state index contributed by atoms with van der Waals surface area (Å²) in [6.45, 7) is 3.39. The van der Waals surface area contributed by atoms with Crippen LogP contribution in [-0.2, 0) is 9.57 Å². The van der Waals surface area contributed by atoms with E-state index in [9.17, 15) is 0 Å². The average molecular weight is 173 g/mol. The molecular weight excluding hydrogens is 158 g/mol. The Morgan fingerprint density at radius 1 is 1.75 bits per heavy atom. The van der Waals surface area contributed by atoms with Crippen LogP contribution < -0.4 is 0 Å². The maximum Gasteiger partial charge on any atom is 0.156 e. The summed E-state index contributed by atoms with van der Waals surface area (Å²) in [6.07, 6.45) is 1.47. The highest BCUT2D eigenvalue weighted by Crippen LogP contribution is 2.12. The van der Waals surface area contributed by atoms with Crippen LogP contribution in [0.5, 0.6) is 0 Å². The lowest BCUT2D eigenvalue weighted by Crippen LogP contribution is -2.16. The third-order valence-electron chi connectivity index (χ3n) is 1.70. The van der Waals surface area contributed by atoms with Gasteiger partial charge in [0.15, 0.2) is 6.10 Å². The molecule has 4 nitrogen and oxygen atoms in total. The van der Waals surface area contributed by atoms with E-state index in [0.717, 1.165) is 12.1 Å². The molecule has 0 spiro atoms. The molecule has 1 aliphatic rings. The molecule has 12 heavy (non-hydrogen) atoms. The molecular formula is C8H15NO3. The Morgan fingerprint density at radius 3 is 3.25 bits per heavy atom. The van der Waals surface area contributed by atoms with Crippen molar-refractivity contribution >= 4 is 5.71 Å². The Balaban J connectivity index is 2.13. The topological polar surface area (TPSA) is 51.0 Å². The first-order chi connectivity index (χ1) is 5.86. The lowest BCUT2D eigenvalue weighted by molar-refractivity contribution is 0.00672. The van der Waals surface area contributed by atoms with Crippen LogP contribution in [0.1, 0.15) is 19.8 Å². The summed E-state index contributed by atoms with van der Waals surface area (Å²) in [5.74, 6) is 0. The van der Waals surface area contributed by atoms with Crippen molar-refractivity contribution in [1.82, 2.24) is 0 Å². The summed E-state index contributed by atoms with van der Waals surface area (Å²) < 4.78 is 5.18. The number of hydrogen-bond acceptors (Lipinski definition) is 4. The quantitative estimate of drug-likeness (QED) is 0.660. The number of aliphatic hydroxyl groups is 1. The smallest absolute Gasteiger partial charge is 0.156 e. The first-order valence-corrected chi connectivity index (χ1v) is 4.27. The van der Waals surface area contributed by atoms with Gasteiger partial charge in [-0.3, -0.25) is 0 Å². The number of rotatable bonds is 5. The minimum Gasteiger partial charge on any atom is -0.396 e. The largest absolute Gasteiger partial charge is 0.396 e. The van der Waals surface area contributed by atoms with E-state index < -0.39 is 0 Å². The summed E-state index contributed by atoms with van der Waals surface area (Å²) >= 11 is 0. The van der Waals surface area contributed by atoms with Crippen LogP contribution in [0.25, 0.3) is 0 Å². The molecule has 0 aromatic heterocycles. The zero-order chi connectivity index (χ0) is 8.81. The second-order valence-electron chi connectivity index (χ2n) is 2.72. The highest BCUT2D eigenvalue weighted by molar-refractivity contribution is 5.85. The van der Waals surface area contributed by atoms with Gasteiger partial charge >= 0.3 is 0 Å². The Bertz CT molecular complexity index is 158. The van der Waals surface area contributed by atoms with Gasteiger partial charge in [-0.05, 0) is 6.92 Å². The molecule has 0 aliphatic carbocycles. The molecule has 1 rings (SSSR count). The molecule has 1 atom stereocenters. The molecule has 1 heterocycles. The molecule has 0 saturated heterocycles. The van der Waals surface area contributed by atoms with Gasteiger partial charge in [0.1, 0.15) is 0 Å². The van der Waals surface area contributed by atoms with E-state index in [4.69, 9.17) is 14.7 Å². The van der Waals surface area contributed by atoms with E-state index >= 15 is 0 Å². The molecule has 0 saturated carbocycles. The Labute approximate surface area is 72.2 Å². The molecule has 1 aliphatic heterocycles. The van der Waals surface area contributed by atoms with Gasteiger partial charge in [0.25, 0.3) is 0 Å². The SMILES string of the molecule is CCOCC1CC(CCO)=NO1. The lowest BCUT2D eigenvalue weighted by Gasteiger charge is -2.06. The average Bonchev–Trinajstić information content (AvgIpc) is 2.50. The van der Waals surface area contributed by atoms with Gasteiger partial charge in [0, 0.05) is 26.1 Å². The van der Waals surface area contributed by atoms with Gasteiger partial charge in [-0.25, -0.2) is 0 Å². The highest BCUT2D eigenvalue weighted by Gasteiger charge is 2.19. The van der Waals surface area contributed by atoms with Crippen molar-refractivity contribution in [1.29, 1.82) is 0 Å². The third-order valence-corrected chi connectivity index (χ3v) is 1.70. The van der Waals surface area contributed by atoms with E-state index in [1.165, 1.54) is 0 Å². The first kappa shape index (κ1) is 9.48. The van der Waals surface area contributed by atoms with Gasteiger partial charge in [-0.15, -0.1) is 0 Å². The van der Waals surface area contributed by atoms with E-state index in [1.54, 1.807) is 0 Å². The number of nitrogens with zero attached hydrogens (tertiary/aromatic N) is 1. The molecule has 0 fully saturated rings.